The van der Waals surface area contributed by atoms with Gasteiger partial charge < -0.3 is 23.3 Å². The van der Waals surface area contributed by atoms with Crippen LogP contribution in [0.2, 0.25) is 0 Å². The third kappa shape index (κ3) is 3.79. The molecule has 0 amide bonds. The molecule has 2 aromatic rings. The Morgan fingerprint density at radius 3 is 2.68 bits per heavy atom. The molecule has 0 aliphatic carbocycles. The molecule has 12 heteroatoms. The second kappa shape index (κ2) is 7.54. The van der Waals surface area contributed by atoms with Gasteiger partial charge in [0.05, 0.1) is 6.61 Å². The summed E-state index contributed by atoms with van der Waals surface area (Å²) in [5, 5.41) is 0. The minimum Gasteiger partial charge on any atom is -0.417 e. The molecule has 1 aromatic carbocycles. The van der Waals surface area contributed by atoms with Crippen molar-refractivity contribution in [2.24, 2.45) is 0 Å². The molecule has 1 aromatic heterocycles. The number of H-pyrrole nitrogens is 1. The second-order valence-corrected chi connectivity index (χ2v) is 8.70. The van der Waals surface area contributed by atoms with E-state index >= 15 is 0 Å². The van der Waals surface area contributed by atoms with E-state index in [1.165, 1.54) is 16.8 Å². The van der Waals surface area contributed by atoms with Crippen LogP contribution in [0.1, 0.15) is 30.4 Å². The van der Waals surface area contributed by atoms with Crippen molar-refractivity contribution >= 4 is 14.6 Å². The van der Waals surface area contributed by atoms with Gasteiger partial charge in [-0.3, -0.25) is 18.9 Å². The van der Waals surface area contributed by atoms with Crippen LogP contribution < -0.4 is 15.8 Å². The number of carbonyl (C=O) groups excluding carboxylic acids is 1. The average Bonchev–Trinajstić information content (AvgIpc) is 3.20. The molecule has 3 aliphatic heterocycles. The van der Waals surface area contributed by atoms with Crippen molar-refractivity contribution in [3.63, 3.8) is 0 Å². The summed E-state index contributed by atoms with van der Waals surface area (Å²) in [5.41, 5.74) is -0.815. The average molecular weight is 450 g/mol. The normalized spacial score (nSPS) is 30.9. The number of fused-ring (bicyclic) bond motifs is 2. The third-order valence-electron chi connectivity index (χ3n) is 5.03. The summed E-state index contributed by atoms with van der Waals surface area (Å²) in [6.07, 6.45) is -1.31. The predicted octanol–water partition coefficient (Wildman–Crippen LogP) is 1.45. The first kappa shape index (κ1) is 20.3. The highest BCUT2D eigenvalue weighted by molar-refractivity contribution is 7.43. The molecule has 1 unspecified atom stereocenters. The van der Waals surface area contributed by atoms with Crippen molar-refractivity contribution in [1.29, 1.82) is 0 Å². The van der Waals surface area contributed by atoms with Crippen molar-refractivity contribution in [2.45, 2.75) is 44.2 Å². The molecule has 5 atom stereocenters. The van der Waals surface area contributed by atoms with Crippen molar-refractivity contribution in [1.82, 2.24) is 9.55 Å². The Morgan fingerprint density at radius 2 is 1.87 bits per heavy atom. The number of aromatic nitrogens is 2. The first-order chi connectivity index (χ1) is 14.8. The highest BCUT2D eigenvalue weighted by atomic mass is 31.2. The molecule has 5 rings (SSSR count). The van der Waals surface area contributed by atoms with E-state index in [0.717, 1.165) is 0 Å². The van der Waals surface area contributed by atoms with Gasteiger partial charge in [-0.15, -0.1) is 0 Å². The maximum Gasteiger partial charge on any atom is 0.465 e. The zero-order valence-electron chi connectivity index (χ0n) is 16.5. The van der Waals surface area contributed by atoms with Gasteiger partial charge in [-0.05, 0) is 26.0 Å². The number of hydrogen-bond donors (Lipinski definition) is 1. The standard InChI is InChI=1S/C19H19N2O9P/c1-19(2)27-14-12(9-25-31-29-11-6-4-3-5-10(11)17(23)30-31)26-16(15(14)28-19)21-8-7-13(22)20-18(21)24/h3-8,12,14-16H,9H2,1-2H3,(H,20,22,24)/t12-,14-,15-,16-,31?/m1/s1. The number of nitrogens with one attached hydrogen (secondary N) is 1. The molecule has 4 heterocycles. The van der Waals surface area contributed by atoms with Gasteiger partial charge >= 0.3 is 20.3 Å². The number of hydrogen-bond acceptors (Lipinski definition) is 9. The van der Waals surface area contributed by atoms with Crippen LogP contribution in [-0.4, -0.2) is 46.2 Å². The van der Waals surface area contributed by atoms with Crippen LogP contribution in [0.5, 0.6) is 5.75 Å². The maximum absolute atomic E-state index is 12.3. The van der Waals surface area contributed by atoms with E-state index in [1.54, 1.807) is 38.1 Å². The van der Waals surface area contributed by atoms with Gasteiger partial charge in [0.2, 0.25) is 0 Å². The van der Waals surface area contributed by atoms with Crippen LogP contribution in [-0.2, 0) is 23.3 Å². The summed E-state index contributed by atoms with van der Waals surface area (Å²) in [4.78, 5) is 38.0. The number of nitrogens with zero attached hydrogens (tertiary/aromatic N) is 1. The number of para-hydroxylation sites is 1. The van der Waals surface area contributed by atoms with E-state index in [4.69, 9.17) is 27.8 Å². The summed E-state index contributed by atoms with van der Waals surface area (Å²) in [5.74, 6) is -1.05. The SMILES string of the molecule is CC1(C)O[C@@H]2[C@H](O1)[C@@H](COP1OC(=O)c3ccccc3O1)O[C@H]2n1ccc(=O)[nH]c1=O. The molecule has 11 nitrogen and oxygen atoms in total. The van der Waals surface area contributed by atoms with Gasteiger partial charge in [0.1, 0.15) is 29.6 Å². The molecule has 2 saturated heterocycles. The Kier molecular flexibility index (Phi) is 4.95. The van der Waals surface area contributed by atoms with E-state index in [9.17, 15) is 14.4 Å². The summed E-state index contributed by atoms with van der Waals surface area (Å²) in [6, 6.07) is 7.94. The maximum atomic E-state index is 12.3. The van der Waals surface area contributed by atoms with Crippen LogP contribution in [0.3, 0.4) is 0 Å². The molecule has 0 saturated carbocycles. The van der Waals surface area contributed by atoms with E-state index < -0.39 is 56.1 Å². The lowest BCUT2D eigenvalue weighted by atomic mass is 10.1. The predicted molar refractivity (Wildman–Crippen MR) is 104 cm³/mol. The number of rotatable bonds is 4. The lowest BCUT2D eigenvalue weighted by Gasteiger charge is -2.26. The fraction of sp³-hybridized carbons (Fsp3) is 0.421. The smallest absolute Gasteiger partial charge is 0.417 e. The fourth-order valence-corrected chi connectivity index (χ4v) is 4.73. The third-order valence-corrected chi connectivity index (χ3v) is 6.05. The quantitative estimate of drug-likeness (QED) is 0.689. The molecule has 2 fully saturated rings. The topological polar surface area (TPSA) is 127 Å². The van der Waals surface area contributed by atoms with Gasteiger partial charge in [0.15, 0.2) is 12.0 Å². The first-order valence-corrected chi connectivity index (χ1v) is 10.7. The van der Waals surface area contributed by atoms with E-state index in [2.05, 4.69) is 4.98 Å². The van der Waals surface area contributed by atoms with Crippen LogP contribution in [0.4, 0.5) is 0 Å². The van der Waals surface area contributed by atoms with Crippen molar-refractivity contribution in [3.05, 3.63) is 62.9 Å². The summed E-state index contributed by atoms with van der Waals surface area (Å²) < 4.78 is 35.7. The summed E-state index contributed by atoms with van der Waals surface area (Å²) in [6.45, 7) is 3.47. The Balaban J connectivity index is 1.33. The van der Waals surface area contributed by atoms with Crippen molar-refractivity contribution in [3.8, 4) is 5.75 Å². The largest absolute Gasteiger partial charge is 0.465 e. The molecule has 0 radical (unpaired) electrons. The first-order valence-electron chi connectivity index (χ1n) is 9.56. The Morgan fingerprint density at radius 1 is 1.10 bits per heavy atom. The number of ether oxygens (including phenoxy) is 3. The van der Waals surface area contributed by atoms with Gasteiger partial charge in [-0.1, -0.05) is 12.1 Å². The summed E-state index contributed by atoms with van der Waals surface area (Å²) in [7, 11) is -1.98. The highest BCUT2D eigenvalue weighted by Crippen LogP contribution is 2.49. The second-order valence-electron chi connectivity index (χ2n) is 7.63. The van der Waals surface area contributed by atoms with Gasteiger partial charge in [-0.25, -0.2) is 9.59 Å². The lowest BCUT2D eigenvalue weighted by molar-refractivity contribution is -0.200. The molecule has 31 heavy (non-hydrogen) atoms. The molecular formula is C19H19N2O9P. The van der Waals surface area contributed by atoms with E-state index in [0.29, 0.717) is 11.3 Å². The Labute approximate surface area is 176 Å². The molecule has 0 spiro atoms. The fourth-order valence-electron chi connectivity index (χ4n) is 3.76. The monoisotopic (exact) mass is 450 g/mol. The van der Waals surface area contributed by atoms with Gasteiger partial charge in [-0.2, -0.15) is 0 Å². The van der Waals surface area contributed by atoms with Crippen molar-refractivity contribution in [2.75, 3.05) is 6.61 Å². The minimum atomic E-state index is -1.98. The van der Waals surface area contributed by atoms with Crippen molar-refractivity contribution < 1.29 is 32.6 Å². The Bertz CT molecular complexity index is 1130. The molecular weight excluding hydrogens is 431 g/mol. The van der Waals surface area contributed by atoms with Gasteiger partial charge in [0, 0.05) is 12.3 Å². The molecule has 1 N–H and O–H groups in total. The zero-order chi connectivity index (χ0) is 21.8. The number of aromatic amines is 1. The minimum absolute atomic E-state index is 0.0314. The van der Waals surface area contributed by atoms with E-state index in [-0.39, 0.29) is 6.61 Å². The zero-order valence-corrected chi connectivity index (χ0v) is 17.4. The number of carbonyl (C=O) groups is 1. The molecule has 3 aliphatic rings. The highest BCUT2D eigenvalue weighted by Gasteiger charge is 2.56. The van der Waals surface area contributed by atoms with E-state index in [1.807, 2.05) is 0 Å². The lowest BCUT2D eigenvalue weighted by Crippen LogP contribution is -2.37. The van der Waals surface area contributed by atoms with Crippen LogP contribution in [0, 0.1) is 0 Å². The van der Waals surface area contributed by atoms with Crippen LogP contribution in [0.15, 0.2) is 46.1 Å². The molecule has 0 bridgehead atoms. The van der Waals surface area contributed by atoms with Crippen LogP contribution >= 0.6 is 8.60 Å². The number of benzene rings is 1. The van der Waals surface area contributed by atoms with Gasteiger partial charge in [0.25, 0.3) is 5.56 Å². The molecule has 164 valence electrons. The summed E-state index contributed by atoms with van der Waals surface area (Å²) >= 11 is 0. The van der Waals surface area contributed by atoms with Crippen LogP contribution in [0.25, 0.3) is 0 Å². The Hall–Kier alpha value is -2.56.